The molecular weight excluding hydrogens is 322 g/mol. The molecule has 0 saturated heterocycles. The van der Waals surface area contributed by atoms with Gasteiger partial charge in [-0.2, -0.15) is 0 Å². The second kappa shape index (κ2) is 6.22. The van der Waals surface area contributed by atoms with E-state index in [-0.39, 0.29) is 22.5 Å². The molecule has 0 radical (unpaired) electrons. The Balaban J connectivity index is 2.39. The maximum Gasteiger partial charge on any atom is 0.327 e. The van der Waals surface area contributed by atoms with Gasteiger partial charge in [0.25, 0.3) is 5.56 Å². The lowest BCUT2D eigenvalue weighted by molar-refractivity contribution is 0.392. The number of aromatic amines is 2. The van der Waals surface area contributed by atoms with Crippen molar-refractivity contribution in [2.75, 3.05) is 6.54 Å². The van der Waals surface area contributed by atoms with Gasteiger partial charge in [-0.05, 0) is 18.9 Å². The van der Waals surface area contributed by atoms with Gasteiger partial charge in [0.2, 0.25) is 10.0 Å². The third-order valence-electron chi connectivity index (χ3n) is 3.90. The predicted molar refractivity (Wildman–Crippen MR) is 85.7 cm³/mol. The fraction of sp³-hybridized carbons (Fsp3) is 0.462. The highest BCUT2D eigenvalue weighted by molar-refractivity contribution is 7.89. The number of sulfonamides is 1. The molecule has 126 valence electrons. The highest BCUT2D eigenvalue weighted by Crippen LogP contribution is 2.14. The number of hydrogen-bond acceptors (Lipinski definition) is 6. The van der Waals surface area contributed by atoms with Gasteiger partial charge in [-0.25, -0.2) is 22.9 Å². The lowest BCUT2D eigenvalue weighted by atomic mass is 9.95. The molecule has 0 saturated carbocycles. The van der Waals surface area contributed by atoms with Crippen molar-refractivity contribution in [2.45, 2.75) is 37.1 Å². The number of nitrogens with two attached hydrogens (primary N) is 1. The minimum atomic E-state index is -3.87. The summed E-state index contributed by atoms with van der Waals surface area (Å²) < 4.78 is 27.1. The Bertz CT molecular complexity index is 927. The molecule has 2 aromatic heterocycles. The lowest BCUT2D eigenvalue weighted by Gasteiger charge is -2.26. The molecule has 9 nitrogen and oxygen atoms in total. The highest BCUT2D eigenvalue weighted by Gasteiger charge is 2.24. The van der Waals surface area contributed by atoms with Gasteiger partial charge >= 0.3 is 5.69 Å². The molecule has 0 amide bonds. The van der Waals surface area contributed by atoms with Crippen LogP contribution in [-0.4, -0.2) is 35.5 Å². The molecule has 2 rings (SSSR count). The predicted octanol–water partition coefficient (Wildman–Crippen LogP) is -0.593. The fourth-order valence-electron chi connectivity index (χ4n) is 2.00. The molecule has 10 heteroatoms. The second-order valence-electron chi connectivity index (χ2n) is 5.37. The molecule has 0 atom stereocenters. The van der Waals surface area contributed by atoms with Gasteiger partial charge in [0.05, 0.1) is 5.39 Å². The Labute approximate surface area is 132 Å². The van der Waals surface area contributed by atoms with Crippen molar-refractivity contribution in [3.05, 3.63) is 33.1 Å². The number of nitrogens with zero attached hydrogens (tertiary/aromatic N) is 1. The van der Waals surface area contributed by atoms with E-state index in [4.69, 9.17) is 5.73 Å². The van der Waals surface area contributed by atoms with E-state index < -0.39 is 26.8 Å². The molecule has 0 unspecified atom stereocenters. The van der Waals surface area contributed by atoms with Gasteiger partial charge in [-0.3, -0.25) is 14.8 Å². The van der Waals surface area contributed by atoms with Crippen molar-refractivity contribution >= 4 is 21.1 Å². The Morgan fingerprint density at radius 2 is 1.91 bits per heavy atom. The minimum absolute atomic E-state index is 0.0162. The van der Waals surface area contributed by atoms with Gasteiger partial charge in [0.1, 0.15) is 10.5 Å². The van der Waals surface area contributed by atoms with Crippen LogP contribution < -0.4 is 21.7 Å². The standard InChI is InChI=1S/C13H19N5O4S/c1-3-13(14,4-2)7-16-23(21,22)8-5-9-10(15-6-8)17-12(20)18-11(9)19/h5-6,16H,3-4,7,14H2,1-2H3,(H2,15,17,18,19,20). The molecule has 0 aliphatic heterocycles. The van der Waals surface area contributed by atoms with E-state index in [0.29, 0.717) is 12.8 Å². The van der Waals surface area contributed by atoms with Crippen molar-refractivity contribution in [3.63, 3.8) is 0 Å². The summed E-state index contributed by atoms with van der Waals surface area (Å²) in [6.07, 6.45) is 2.31. The van der Waals surface area contributed by atoms with Crippen LogP contribution in [0.1, 0.15) is 26.7 Å². The van der Waals surface area contributed by atoms with E-state index in [1.807, 2.05) is 18.8 Å². The highest BCUT2D eigenvalue weighted by atomic mass is 32.2. The Morgan fingerprint density at radius 3 is 2.52 bits per heavy atom. The zero-order valence-electron chi connectivity index (χ0n) is 12.8. The smallest absolute Gasteiger partial charge is 0.324 e. The molecule has 0 aromatic carbocycles. The summed E-state index contributed by atoms with van der Waals surface area (Å²) in [5.41, 5.74) is 4.05. The molecule has 0 aliphatic carbocycles. The Hall–Kier alpha value is -2.04. The molecule has 0 spiro atoms. The van der Waals surface area contributed by atoms with Crippen molar-refractivity contribution in [1.82, 2.24) is 19.7 Å². The second-order valence-corrected chi connectivity index (χ2v) is 7.14. The zero-order chi connectivity index (χ0) is 17.3. The van der Waals surface area contributed by atoms with Crippen LogP contribution in [0, 0.1) is 0 Å². The summed E-state index contributed by atoms with van der Waals surface area (Å²) in [4.78, 5) is 30.9. The van der Waals surface area contributed by atoms with Crippen LogP contribution in [0.25, 0.3) is 11.0 Å². The first-order valence-electron chi connectivity index (χ1n) is 7.11. The van der Waals surface area contributed by atoms with E-state index in [9.17, 15) is 18.0 Å². The summed E-state index contributed by atoms with van der Waals surface area (Å²) in [5.74, 6) is 0. The summed E-state index contributed by atoms with van der Waals surface area (Å²) in [5, 5.41) is -0.0162. The third kappa shape index (κ3) is 3.66. The molecule has 2 heterocycles. The molecule has 2 aromatic rings. The summed E-state index contributed by atoms with van der Waals surface area (Å²) in [6.45, 7) is 3.83. The minimum Gasteiger partial charge on any atom is -0.324 e. The van der Waals surface area contributed by atoms with Crippen molar-refractivity contribution < 1.29 is 8.42 Å². The van der Waals surface area contributed by atoms with E-state index in [0.717, 1.165) is 12.3 Å². The largest absolute Gasteiger partial charge is 0.327 e. The van der Waals surface area contributed by atoms with Crippen LogP contribution in [0.2, 0.25) is 0 Å². The van der Waals surface area contributed by atoms with E-state index >= 15 is 0 Å². The van der Waals surface area contributed by atoms with Gasteiger partial charge < -0.3 is 5.73 Å². The molecule has 5 N–H and O–H groups in total. The van der Waals surface area contributed by atoms with E-state index in [1.165, 1.54) is 0 Å². The lowest BCUT2D eigenvalue weighted by Crippen LogP contribution is -2.49. The van der Waals surface area contributed by atoms with Gasteiger partial charge in [0.15, 0.2) is 0 Å². The molecule has 0 bridgehead atoms. The number of H-pyrrole nitrogens is 2. The summed E-state index contributed by atoms with van der Waals surface area (Å²) >= 11 is 0. The molecule has 23 heavy (non-hydrogen) atoms. The van der Waals surface area contributed by atoms with E-state index in [1.54, 1.807) is 0 Å². The van der Waals surface area contributed by atoms with E-state index in [2.05, 4.69) is 14.7 Å². The summed E-state index contributed by atoms with van der Waals surface area (Å²) in [7, 11) is -3.87. The number of fused-ring (bicyclic) bond motifs is 1. The van der Waals surface area contributed by atoms with Gasteiger partial charge in [-0.15, -0.1) is 0 Å². The van der Waals surface area contributed by atoms with Crippen LogP contribution in [0.3, 0.4) is 0 Å². The average Bonchev–Trinajstić information content (AvgIpc) is 2.52. The molecule has 0 fully saturated rings. The fourth-order valence-corrected chi connectivity index (χ4v) is 3.11. The zero-order valence-corrected chi connectivity index (χ0v) is 13.7. The number of pyridine rings is 1. The van der Waals surface area contributed by atoms with Gasteiger partial charge in [0, 0.05) is 18.3 Å². The Morgan fingerprint density at radius 1 is 1.26 bits per heavy atom. The topological polar surface area (TPSA) is 151 Å². The monoisotopic (exact) mass is 341 g/mol. The first kappa shape index (κ1) is 17.3. The Kier molecular flexibility index (Phi) is 4.68. The molecular formula is C13H19N5O4S. The first-order chi connectivity index (χ1) is 10.7. The van der Waals surface area contributed by atoms with Crippen LogP contribution in [0.4, 0.5) is 0 Å². The van der Waals surface area contributed by atoms with Crippen LogP contribution in [0.5, 0.6) is 0 Å². The van der Waals surface area contributed by atoms with Crippen LogP contribution >= 0.6 is 0 Å². The third-order valence-corrected chi connectivity index (χ3v) is 5.27. The van der Waals surface area contributed by atoms with Crippen molar-refractivity contribution in [1.29, 1.82) is 0 Å². The average molecular weight is 341 g/mol. The number of aromatic nitrogens is 3. The summed E-state index contributed by atoms with van der Waals surface area (Å²) in [6, 6.07) is 1.16. The van der Waals surface area contributed by atoms with Crippen molar-refractivity contribution in [3.8, 4) is 0 Å². The van der Waals surface area contributed by atoms with Crippen LogP contribution in [-0.2, 0) is 10.0 Å². The number of hydrogen-bond donors (Lipinski definition) is 4. The van der Waals surface area contributed by atoms with Gasteiger partial charge in [-0.1, -0.05) is 13.8 Å². The number of rotatable bonds is 6. The quantitative estimate of drug-likeness (QED) is 0.551. The molecule has 0 aliphatic rings. The number of nitrogens with one attached hydrogen (secondary N) is 3. The SMILES string of the molecule is CCC(N)(CC)CNS(=O)(=O)c1cnc2[nH]c(=O)[nH]c(=O)c2c1. The van der Waals surface area contributed by atoms with Crippen molar-refractivity contribution in [2.24, 2.45) is 5.73 Å². The van der Waals surface area contributed by atoms with Crippen LogP contribution in [0.15, 0.2) is 26.7 Å². The maximum atomic E-state index is 12.3. The maximum absolute atomic E-state index is 12.3. The first-order valence-corrected chi connectivity index (χ1v) is 8.60. The normalized spacial score (nSPS) is 12.7.